The molecule has 0 fully saturated rings. The lowest BCUT2D eigenvalue weighted by atomic mass is 9.94. The number of hydrogen-bond donors (Lipinski definition) is 0. The molecule has 2 aromatic heterocycles. The van der Waals surface area contributed by atoms with Crippen molar-refractivity contribution in [3.63, 3.8) is 0 Å². The summed E-state index contributed by atoms with van der Waals surface area (Å²) >= 11 is 0. The van der Waals surface area contributed by atoms with Crippen LogP contribution in [0.3, 0.4) is 0 Å². The van der Waals surface area contributed by atoms with E-state index in [-0.39, 0.29) is 0 Å². The highest BCUT2D eigenvalue weighted by Gasteiger charge is 2.20. The Labute approximate surface area is 232 Å². The lowest BCUT2D eigenvalue weighted by molar-refractivity contribution is -0.659. The van der Waals surface area contributed by atoms with Gasteiger partial charge in [-0.05, 0) is 96.6 Å². The Morgan fingerprint density at radius 3 is 1.82 bits per heavy atom. The Balaban J connectivity index is 1.66. The van der Waals surface area contributed by atoms with Crippen molar-refractivity contribution in [2.45, 2.75) is 60.3 Å². The fraction of sp³-hybridized carbons (Fsp3) is 0.270. The molecule has 2 nitrogen and oxygen atoms in total. The molecule has 0 radical (unpaired) electrons. The largest absolute Gasteiger partial charge is 0.309 e. The summed E-state index contributed by atoms with van der Waals surface area (Å²) in [6.45, 7) is 15.8. The quantitative estimate of drug-likeness (QED) is 0.208. The van der Waals surface area contributed by atoms with E-state index in [9.17, 15) is 0 Å². The maximum Gasteiger partial charge on any atom is 0.220 e. The monoisotopic (exact) mass is 511 g/mol. The summed E-state index contributed by atoms with van der Waals surface area (Å²) < 4.78 is 4.75. The lowest BCUT2D eigenvalue weighted by Gasteiger charge is -2.14. The zero-order chi connectivity index (χ0) is 27.6. The Morgan fingerprint density at radius 1 is 0.641 bits per heavy atom. The van der Waals surface area contributed by atoms with Crippen molar-refractivity contribution in [2.75, 3.05) is 0 Å². The molecule has 0 N–H and O–H groups in total. The van der Waals surface area contributed by atoms with E-state index in [4.69, 9.17) is 0 Å². The standard InChI is InChI=1S/C37H39N2/c1-22(2)27-9-12-32-33-13-10-28(23(3)4)21-36(33)39(35(32)20-27)30-11-14-31-29(19-30)15-16-38(8)37(31)34-18-24(5)17-25(6)26(34)7/h9-23H,1-8H3/q+1. The molecule has 196 valence electrons. The highest BCUT2D eigenvalue weighted by atomic mass is 15.0. The van der Waals surface area contributed by atoms with Gasteiger partial charge >= 0.3 is 0 Å². The van der Waals surface area contributed by atoms with Crippen molar-refractivity contribution in [3.05, 3.63) is 107 Å². The molecule has 0 aliphatic rings. The maximum absolute atomic E-state index is 2.48. The van der Waals surface area contributed by atoms with Gasteiger partial charge in [-0.25, -0.2) is 4.57 Å². The van der Waals surface area contributed by atoms with Crippen LogP contribution in [0.4, 0.5) is 0 Å². The number of fused-ring (bicyclic) bond motifs is 4. The molecule has 0 bridgehead atoms. The molecule has 0 saturated heterocycles. The van der Waals surface area contributed by atoms with E-state index in [1.54, 1.807) is 0 Å². The minimum Gasteiger partial charge on any atom is -0.309 e. The topological polar surface area (TPSA) is 8.81 Å². The summed E-state index contributed by atoms with van der Waals surface area (Å²) in [6, 6.07) is 27.9. The third-order valence-corrected chi connectivity index (χ3v) is 8.59. The Bertz CT molecular complexity index is 1830. The van der Waals surface area contributed by atoms with E-state index in [2.05, 4.69) is 144 Å². The molecule has 2 heterocycles. The van der Waals surface area contributed by atoms with Crippen LogP contribution in [0.15, 0.2) is 79.0 Å². The van der Waals surface area contributed by atoms with Gasteiger partial charge in [0.1, 0.15) is 7.05 Å². The van der Waals surface area contributed by atoms with E-state index in [0.717, 1.165) is 0 Å². The van der Waals surface area contributed by atoms with Crippen LogP contribution in [-0.4, -0.2) is 4.57 Å². The van der Waals surface area contributed by atoms with Crippen molar-refractivity contribution in [2.24, 2.45) is 7.05 Å². The van der Waals surface area contributed by atoms with Gasteiger partial charge in [0.25, 0.3) is 0 Å². The molecule has 0 atom stereocenters. The number of hydrogen-bond acceptors (Lipinski definition) is 0. The zero-order valence-electron chi connectivity index (χ0n) is 24.6. The molecule has 0 saturated carbocycles. The van der Waals surface area contributed by atoms with Crippen molar-refractivity contribution in [1.82, 2.24) is 4.57 Å². The molecule has 4 aromatic carbocycles. The number of aromatic nitrogens is 2. The van der Waals surface area contributed by atoms with Crippen LogP contribution >= 0.6 is 0 Å². The fourth-order valence-corrected chi connectivity index (χ4v) is 6.17. The summed E-state index contributed by atoms with van der Waals surface area (Å²) in [5.41, 5.74) is 13.1. The van der Waals surface area contributed by atoms with Crippen molar-refractivity contribution >= 4 is 32.6 Å². The predicted molar refractivity (Wildman–Crippen MR) is 167 cm³/mol. The Hall–Kier alpha value is -3.91. The first-order valence-electron chi connectivity index (χ1n) is 14.2. The van der Waals surface area contributed by atoms with E-state index in [1.807, 2.05) is 0 Å². The highest BCUT2D eigenvalue weighted by Crippen LogP contribution is 2.37. The SMILES string of the molecule is Cc1cc(C)c(C)c(-c2c3ccc(-n4c5cc(C(C)C)ccc5c5ccc(C(C)C)cc54)cc3cc[n+]2C)c1. The summed E-state index contributed by atoms with van der Waals surface area (Å²) in [7, 11) is 2.16. The van der Waals surface area contributed by atoms with Crippen LogP contribution in [0.2, 0.25) is 0 Å². The van der Waals surface area contributed by atoms with Crippen LogP contribution in [-0.2, 0) is 7.05 Å². The third-order valence-electron chi connectivity index (χ3n) is 8.59. The molecule has 0 unspecified atom stereocenters. The minimum absolute atomic E-state index is 0.479. The van der Waals surface area contributed by atoms with Gasteiger partial charge in [0.05, 0.1) is 22.0 Å². The summed E-state index contributed by atoms with van der Waals surface area (Å²) in [5, 5.41) is 5.17. The van der Waals surface area contributed by atoms with Crippen LogP contribution in [0.5, 0.6) is 0 Å². The second-order valence-corrected chi connectivity index (χ2v) is 12.0. The predicted octanol–water partition coefficient (Wildman–Crippen LogP) is 9.60. The zero-order valence-corrected chi connectivity index (χ0v) is 24.6. The first-order valence-corrected chi connectivity index (χ1v) is 14.2. The molecular formula is C37H39N2+. The second kappa shape index (κ2) is 9.38. The summed E-state index contributed by atoms with van der Waals surface area (Å²) in [5.74, 6) is 0.958. The van der Waals surface area contributed by atoms with Crippen molar-refractivity contribution < 1.29 is 4.57 Å². The van der Waals surface area contributed by atoms with Gasteiger partial charge in [0.15, 0.2) is 6.20 Å². The normalized spacial score (nSPS) is 12.1. The van der Waals surface area contributed by atoms with Crippen LogP contribution in [0, 0.1) is 20.8 Å². The molecule has 0 amide bonds. The third kappa shape index (κ3) is 4.14. The van der Waals surface area contributed by atoms with Gasteiger partial charge in [-0.1, -0.05) is 63.6 Å². The molecule has 0 spiro atoms. The Kier molecular flexibility index (Phi) is 6.10. The maximum atomic E-state index is 2.48. The van der Waals surface area contributed by atoms with Gasteiger partial charge in [-0.15, -0.1) is 0 Å². The molecule has 39 heavy (non-hydrogen) atoms. The van der Waals surface area contributed by atoms with Crippen molar-refractivity contribution in [1.29, 1.82) is 0 Å². The number of pyridine rings is 1. The van der Waals surface area contributed by atoms with Crippen LogP contribution in [0.1, 0.15) is 67.3 Å². The van der Waals surface area contributed by atoms with Crippen LogP contribution in [0.25, 0.3) is 49.5 Å². The number of rotatable bonds is 4. The second-order valence-electron chi connectivity index (χ2n) is 12.0. The van der Waals surface area contributed by atoms with Gasteiger partial charge in [-0.2, -0.15) is 0 Å². The van der Waals surface area contributed by atoms with Gasteiger partial charge < -0.3 is 4.57 Å². The van der Waals surface area contributed by atoms with E-state index in [1.165, 1.54) is 77.3 Å². The lowest BCUT2D eigenvalue weighted by Crippen LogP contribution is -2.30. The smallest absolute Gasteiger partial charge is 0.220 e. The number of benzene rings is 4. The van der Waals surface area contributed by atoms with Gasteiger partial charge in [-0.3, -0.25) is 0 Å². The van der Waals surface area contributed by atoms with E-state index >= 15 is 0 Å². The molecule has 6 aromatic rings. The molecule has 6 rings (SSSR count). The van der Waals surface area contributed by atoms with Crippen molar-refractivity contribution in [3.8, 4) is 16.9 Å². The first-order chi connectivity index (χ1) is 18.6. The van der Waals surface area contributed by atoms with Gasteiger partial charge in [0, 0.05) is 22.5 Å². The molecule has 2 heteroatoms. The number of aryl methyl sites for hydroxylation is 3. The summed E-state index contributed by atoms with van der Waals surface area (Å²) in [6.07, 6.45) is 2.21. The van der Waals surface area contributed by atoms with E-state index in [0.29, 0.717) is 11.8 Å². The Morgan fingerprint density at radius 2 is 1.23 bits per heavy atom. The van der Waals surface area contributed by atoms with Crippen LogP contribution < -0.4 is 4.57 Å². The minimum atomic E-state index is 0.479. The fourth-order valence-electron chi connectivity index (χ4n) is 6.17. The van der Waals surface area contributed by atoms with Gasteiger partial charge in [0.2, 0.25) is 5.69 Å². The average molecular weight is 512 g/mol. The average Bonchev–Trinajstić information content (AvgIpc) is 3.23. The highest BCUT2D eigenvalue weighted by molar-refractivity contribution is 6.10. The van der Waals surface area contributed by atoms with E-state index < -0.39 is 0 Å². The molecular weight excluding hydrogens is 472 g/mol. The summed E-state index contributed by atoms with van der Waals surface area (Å²) in [4.78, 5) is 0. The molecule has 0 aliphatic carbocycles. The number of nitrogens with zero attached hydrogens (tertiary/aromatic N) is 2. The first kappa shape index (κ1) is 25.4. The molecule has 0 aliphatic heterocycles.